The summed E-state index contributed by atoms with van der Waals surface area (Å²) in [7, 11) is -3.63. The lowest BCUT2D eigenvalue weighted by Crippen LogP contribution is -2.48. The second-order valence-corrected chi connectivity index (χ2v) is 9.72. The van der Waals surface area contributed by atoms with Gasteiger partial charge in [-0.2, -0.15) is 5.26 Å². The fourth-order valence-electron chi connectivity index (χ4n) is 4.00. The van der Waals surface area contributed by atoms with E-state index in [2.05, 4.69) is 15.7 Å². The number of anilines is 1. The minimum Gasteiger partial charge on any atom is -0.369 e. The van der Waals surface area contributed by atoms with Gasteiger partial charge in [0, 0.05) is 29.8 Å². The molecule has 0 saturated heterocycles. The van der Waals surface area contributed by atoms with Crippen molar-refractivity contribution in [3.05, 3.63) is 94.5 Å². The number of sulfonamides is 1. The molecule has 0 radical (unpaired) electrons. The average molecular weight is 452 g/mol. The van der Waals surface area contributed by atoms with E-state index >= 15 is 0 Å². The minimum atomic E-state index is -3.63. The van der Waals surface area contributed by atoms with Crippen molar-refractivity contribution in [1.82, 2.24) is 4.72 Å². The van der Waals surface area contributed by atoms with Crippen LogP contribution in [0, 0.1) is 11.3 Å². The van der Waals surface area contributed by atoms with Crippen molar-refractivity contribution in [2.75, 3.05) is 18.0 Å². The Morgan fingerprint density at radius 2 is 1.81 bits per heavy atom. The lowest BCUT2D eigenvalue weighted by molar-refractivity contribution is 0.525. The molecule has 0 aromatic heterocycles. The maximum Gasteiger partial charge on any atom is 0.240 e. The van der Waals surface area contributed by atoms with E-state index in [1.54, 1.807) is 30.3 Å². The number of rotatable bonds is 6. The molecule has 158 valence electrons. The molecule has 1 unspecified atom stereocenters. The van der Waals surface area contributed by atoms with E-state index in [0.717, 1.165) is 16.8 Å². The van der Waals surface area contributed by atoms with E-state index in [9.17, 15) is 13.7 Å². The fourth-order valence-corrected chi connectivity index (χ4v) is 5.44. The molecule has 3 aromatic carbocycles. The van der Waals surface area contributed by atoms with Crippen LogP contribution in [0.3, 0.4) is 0 Å². The first kappa shape index (κ1) is 21.4. The van der Waals surface area contributed by atoms with Crippen LogP contribution in [0.4, 0.5) is 5.69 Å². The highest BCUT2D eigenvalue weighted by Crippen LogP contribution is 2.30. The predicted octanol–water partition coefficient (Wildman–Crippen LogP) is 4.16. The zero-order valence-electron chi connectivity index (χ0n) is 16.8. The topological polar surface area (TPSA) is 73.2 Å². The van der Waals surface area contributed by atoms with Gasteiger partial charge in [0.25, 0.3) is 0 Å². The van der Waals surface area contributed by atoms with Crippen molar-refractivity contribution in [2.45, 2.75) is 23.8 Å². The van der Waals surface area contributed by atoms with Gasteiger partial charge in [-0.1, -0.05) is 48.0 Å². The third-order valence-electron chi connectivity index (χ3n) is 5.45. The Bertz CT molecular complexity index is 1220. The van der Waals surface area contributed by atoms with Crippen LogP contribution < -0.4 is 9.62 Å². The average Bonchev–Trinajstić information content (AvgIpc) is 2.77. The number of nitrogens with one attached hydrogen (secondary N) is 1. The molecule has 0 aliphatic carbocycles. The molecule has 31 heavy (non-hydrogen) atoms. The maximum absolute atomic E-state index is 12.9. The third-order valence-corrected chi connectivity index (χ3v) is 7.23. The van der Waals surface area contributed by atoms with Gasteiger partial charge in [-0.15, -0.1) is 0 Å². The van der Waals surface area contributed by atoms with E-state index in [0.29, 0.717) is 36.5 Å². The smallest absolute Gasteiger partial charge is 0.240 e. The van der Waals surface area contributed by atoms with Crippen LogP contribution in [0.2, 0.25) is 5.02 Å². The van der Waals surface area contributed by atoms with E-state index in [4.69, 9.17) is 11.6 Å². The summed E-state index contributed by atoms with van der Waals surface area (Å²) in [5.41, 5.74) is 3.70. The molecule has 0 saturated carbocycles. The van der Waals surface area contributed by atoms with Crippen LogP contribution in [0.1, 0.15) is 16.7 Å². The fraction of sp³-hybridized carbons (Fsp3) is 0.208. The molecule has 1 heterocycles. The number of benzene rings is 3. The van der Waals surface area contributed by atoms with Crippen molar-refractivity contribution in [2.24, 2.45) is 0 Å². The summed E-state index contributed by atoms with van der Waals surface area (Å²) in [6.45, 7) is 1.20. The summed E-state index contributed by atoms with van der Waals surface area (Å²) < 4.78 is 28.6. The molecule has 1 aliphatic heterocycles. The zero-order chi connectivity index (χ0) is 21.8. The van der Waals surface area contributed by atoms with Gasteiger partial charge in [0.1, 0.15) is 0 Å². The van der Waals surface area contributed by atoms with Gasteiger partial charge in [0.15, 0.2) is 0 Å². The summed E-state index contributed by atoms with van der Waals surface area (Å²) in [6, 6.07) is 23.6. The second kappa shape index (κ2) is 9.11. The Kier molecular flexibility index (Phi) is 6.28. The lowest BCUT2D eigenvalue weighted by atomic mass is 9.97. The van der Waals surface area contributed by atoms with Gasteiger partial charge in [-0.25, -0.2) is 13.1 Å². The Balaban J connectivity index is 1.57. The van der Waals surface area contributed by atoms with Gasteiger partial charge in [0.2, 0.25) is 10.0 Å². The lowest BCUT2D eigenvalue weighted by Gasteiger charge is -2.36. The molecule has 1 aliphatic rings. The van der Waals surface area contributed by atoms with Crippen molar-refractivity contribution in [3.63, 3.8) is 0 Å². The molecule has 5 nitrogen and oxygen atoms in total. The zero-order valence-corrected chi connectivity index (χ0v) is 18.4. The van der Waals surface area contributed by atoms with E-state index in [-0.39, 0.29) is 10.9 Å². The number of hydrogen-bond acceptors (Lipinski definition) is 4. The highest BCUT2D eigenvalue weighted by Gasteiger charge is 2.28. The number of nitrogens with zero attached hydrogens (tertiary/aromatic N) is 2. The largest absolute Gasteiger partial charge is 0.369 e. The monoisotopic (exact) mass is 451 g/mol. The highest BCUT2D eigenvalue weighted by atomic mass is 35.5. The van der Waals surface area contributed by atoms with Crippen LogP contribution in [-0.2, 0) is 22.9 Å². The Hall–Kier alpha value is -2.85. The van der Waals surface area contributed by atoms with Crippen LogP contribution in [0.15, 0.2) is 77.7 Å². The second-order valence-electron chi connectivity index (χ2n) is 7.57. The Morgan fingerprint density at radius 1 is 1.06 bits per heavy atom. The maximum atomic E-state index is 12.9. The van der Waals surface area contributed by atoms with Gasteiger partial charge in [-0.05, 0) is 60.4 Å². The molecule has 1 N–H and O–H groups in total. The Labute approximate surface area is 187 Å². The van der Waals surface area contributed by atoms with Gasteiger partial charge < -0.3 is 4.90 Å². The summed E-state index contributed by atoms with van der Waals surface area (Å²) >= 11 is 6.22. The van der Waals surface area contributed by atoms with Gasteiger partial charge in [-0.3, -0.25) is 0 Å². The van der Waals surface area contributed by atoms with E-state index in [1.807, 2.05) is 42.5 Å². The van der Waals surface area contributed by atoms with Crippen LogP contribution in [-0.4, -0.2) is 27.5 Å². The summed E-state index contributed by atoms with van der Waals surface area (Å²) in [5, 5.41) is 9.99. The molecule has 4 rings (SSSR count). The molecular formula is C24H22ClN3O2S. The molecule has 3 aromatic rings. The van der Waals surface area contributed by atoms with Crippen LogP contribution in [0.5, 0.6) is 0 Å². The number of halogens is 1. The van der Waals surface area contributed by atoms with Crippen molar-refractivity contribution >= 4 is 27.3 Å². The predicted molar refractivity (Wildman–Crippen MR) is 123 cm³/mol. The van der Waals surface area contributed by atoms with E-state index in [1.165, 1.54) is 0 Å². The number of hydrogen-bond donors (Lipinski definition) is 1. The van der Waals surface area contributed by atoms with E-state index < -0.39 is 10.0 Å². The quantitative estimate of drug-likeness (QED) is 0.610. The van der Waals surface area contributed by atoms with Gasteiger partial charge in [0.05, 0.1) is 16.5 Å². The van der Waals surface area contributed by atoms with Crippen molar-refractivity contribution in [1.29, 1.82) is 5.26 Å². The van der Waals surface area contributed by atoms with Crippen LogP contribution >= 0.6 is 11.6 Å². The minimum absolute atomic E-state index is 0.251. The molecule has 0 amide bonds. The summed E-state index contributed by atoms with van der Waals surface area (Å²) in [4.78, 5) is 2.42. The van der Waals surface area contributed by atoms with Crippen molar-refractivity contribution < 1.29 is 8.42 Å². The van der Waals surface area contributed by atoms with Crippen LogP contribution in [0.25, 0.3) is 0 Å². The molecule has 7 heteroatoms. The summed E-state index contributed by atoms with van der Waals surface area (Å²) in [6.07, 6.45) is 1.25. The highest BCUT2D eigenvalue weighted by molar-refractivity contribution is 7.89. The third kappa shape index (κ3) is 4.91. The molecule has 1 atom stereocenters. The standard InChI is InChI=1S/C24H22ClN3O2S/c25-21-10-11-24-20(14-21)15-22(27-31(29,30)23-8-2-1-3-9-23)17-28(24)13-12-18-6-4-5-7-19(18)16-26/h1-11,14,22,27H,12-13,15,17H2. The first-order chi connectivity index (χ1) is 15.0. The Morgan fingerprint density at radius 3 is 2.58 bits per heavy atom. The van der Waals surface area contributed by atoms with Gasteiger partial charge >= 0.3 is 0 Å². The molecular weight excluding hydrogens is 430 g/mol. The SMILES string of the molecule is N#Cc1ccccc1CCN1CC(NS(=O)(=O)c2ccccc2)Cc2cc(Cl)ccc21. The molecule has 0 spiro atoms. The normalized spacial score (nSPS) is 15.9. The van der Waals surface area contributed by atoms with Crippen molar-refractivity contribution in [3.8, 4) is 6.07 Å². The first-order valence-electron chi connectivity index (χ1n) is 10.0. The number of nitriles is 1. The first-order valence-corrected chi connectivity index (χ1v) is 11.9. The number of fused-ring (bicyclic) bond motifs is 1. The summed E-state index contributed by atoms with van der Waals surface area (Å²) in [5.74, 6) is 0. The molecule has 0 fully saturated rings. The molecule has 0 bridgehead atoms.